The molecule has 9 heteroatoms. The summed E-state index contributed by atoms with van der Waals surface area (Å²) in [6, 6.07) is 2.94. The maximum atomic E-state index is 13.6. The number of hydrogen-bond donors (Lipinski definition) is 1. The lowest BCUT2D eigenvalue weighted by Gasteiger charge is -2.32. The van der Waals surface area contributed by atoms with E-state index in [1.165, 1.54) is 0 Å². The summed E-state index contributed by atoms with van der Waals surface area (Å²) in [7, 11) is 0. The Morgan fingerprint density at radius 3 is 2.79 bits per heavy atom. The van der Waals surface area contributed by atoms with Gasteiger partial charge in [0.1, 0.15) is 5.82 Å². The van der Waals surface area contributed by atoms with E-state index in [2.05, 4.69) is 15.4 Å². The molecule has 4 rings (SSSR count). The van der Waals surface area contributed by atoms with E-state index in [4.69, 9.17) is 0 Å². The number of aryl methyl sites for hydroxylation is 1. The van der Waals surface area contributed by atoms with Gasteiger partial charge < -0.3 is 10.2 Å². The predicted octanol–water partition coefficient (Wildman–Crippen LogP) is 4.26. The van der Waals surface area contributed by atoms with Crippen LogP contribution in [0.1, 0.15) is 66.4 Å². The van der Waals surface area contributed by atoms with Crippen molar-refractivity contribution in [2.24, 2.45) is 0 Å². The van der Waals surface area contributed by atoms with Crippen LogP contribution in [0, 0.1) is 6.92 Å². The third-order valence-electron chi connectivity index (χ3n) is 5.79. The average Bonchev–Trinajstić information content (AvgIpc) is 3.32. The molecule has 2 aromatic rings. The summed E-state index contributed by atoms with van der Waals surface area (Å²) in [5.74, 6) is 0.203. The number of alkyl halides is 3. The molecule has 156 valence electrons. The highest BCUT2D eigenvalue weighted by Crippen LogP contribution is 2.42. The number of pyridine rings is 1. The van der Waals surface area contributed by atoms with Gasteiger partial charge in [-0.25, -0.2) is 4.68 Å². The molecular formula is C20H24F3N5O. The van der Waals surface area contributed by atoms with Crippen molar-refractivity contribution in [3.8, 4) is 0 Å². The first kappa shape index (κ1) is 19.7. The van der Waals surface area contributed by atoms with Crippen molar-refractivity contribution in [3.05, 3.63) is 41.3 Å². The van der Waals surface area contributed by atoms with Gasteiger partial charge in [-0.1, -0.05) is 6.92 Å². The van der Waals surface area contributed by atoms with Crippen molar-refractivity contribution < 1.29 is 18.0 Å². The van der Waals surface area contributed by atoms with E-state index in [1.54, 1.807) is 29.3 Å². The van der Waals surface area contributed by atoms with E-state index in [1.807, 2.05) is 13.8 Å². The van der Waals surface area contributed by atoms with Crippen LogP contribution >= 0.6 is 0 Å². The van der Waals surface area contributed by atoms with Crippen molar-refractivity contribution in [2.75, 3.05) is 11.9 Å². The topological polar surface area (TPSA) is 63.1 Å². The predicted molar refractivity (Wildman–Crippen MR) is 102 cm³/mol. The number of aromatic nitrogens is 3. The fourth-order valence-electron chi connectivity index (χ4n) is 4.18. The molecule has 1 unspecified atom stereocenters. The number of carbonyl (C=O) groups excluding carboxylic acids is 1. The number of carbonyl (C=O) groups is 1. The number of fused-ring (bicyclic) bond motifs is 1. The Balaban J connectivity index is 1.64. The van der Waals surface area contributed by atoms with Crippen LogP contribution in [-0.4, -0.2) is 44.3 Å². The molecule has 0 aromatic carbocycles. The largest absolute Gasteiger partial charge is 0.410 e. The number of anilines is 1. The van der Waals surface area contributed by atoms with Gasteiger partial charge in [0.2, 0.25) is 0 Å². The van der Waals surface area contributed by atoms with Crippen LogP contribution in [0.25, 0.3) is 0 Å². The molecule has 0 spiro atoms. The van der Waals surface area contributed by atoms with Crippen LogP contribution in [0.4, 0.5) is 19.0 Å². The van der Waals surface area contributed by atoms with Crippen LogP contribution in [-0.2, 0) is 0 Å². The molecular weight excluding hydrogens is 383 g/mol. The molecule has 0 aliphatic carbocycles. The summed E-state index contributed by atoms with van der Waals surface area (Å²) >= 11 is 0. The Kier molecular flexibility index (Phi) is 5.00. The highest BCUT2D eigenvalue weighted by Gasteiger charge is 2.46. The minimum Gasteiger partial charge on any atom is -0.367 e. The van der Waals surface area contributed by atoms with Gasteiger partial charge in [-0.2, -0.15) is 18.3 Å². The number of amides is 1. The number of nitrogens with zero attached hydrogens (tertiary/aromatic N) is 4. The summed E-state index contributed by atoms with van der Waals surface area (Å²) in [6.45, 7) is 4.26. The summed E-state index contributed by atoms with van der Waals surface area (Å²) in [5.41, 5.74) is 1.80. The summed E-state index contributed by atoms with van der Waals surface area (Å²) in [5, 5.41) is 7.48. The Morgan fingerprint density at radius 2 is 2.14 bits per heavy atom. The third kappa shape index (κ3) is 3.70. The van der Waals surface area contributed by atoms with Crippen LogP contribution < -0.4 is 5.32 Å². The first-order valence-electron chi connectivity index (χ1n) is 9.94. The molecule has 3 atom stereocenters. The second-order valence-electron chi connectivity index (χ2n) is 7.79. The Morgan fingerprint density at radius 1 is 1.34 bits per heavy atom. The van der Waals surface area contributed by atoms with Crippen molar-refractivity contribution >= 4 is 11.7 Å². The van der Waals surface area contributed by atoms with Crippen LogP contribution in [0.3, 0.4) is 0 Å². The monoisotopic (exact) mass is 407 g/mol. The second-order valence-corrected chi connectivity index (χ2v) is 7.79. The van der Waals surface area contributed by atoms with Gasteiger partial charge in [-0.05, 0) is 44.7 Å². The molecule has 1 N–H and O–H groups in total. The Bertz CT molecular complexity index is 893. The molecule has 2 aliphatic heterocycles. The highest BCUT2D eigenvalue weighted by molar-refractivity contribution is 5.94. The van der Waals surface area contributed by atoms with E-state index >= 15 is 0 Å². The number of hydrogen-bond acceptors (Lipinski definition) is 4. The lowest BCUT2D eigenvalue weighted by Crippen LogP contribution is -2.39. The van der Waals surface area contributed by atoms with E-state index in [0.29, 0.717) is 36.5 Å². The molecule has 4 heterocycles. The molecule has 0 radical (unpaired) electrons. The smallest absolute Gasteiger partial charge is 0.367 e. The molecule has 1 fully saturated rings. The minimum absolute atomic E-state index is 0.0452. The summed E-state index contributed by atoms with van der Waals surface area (Å²) < 4.78 is 41.9. The van der Waals surface area contributed by atoms with E-state index < -0.39 is 12.2 Å². The van der Waals surface area contributed by atoms with Crippen molar-refractivity contribution in [1.82, 2.24) is 19.7 Å². The quantitative estimate of drug-likeness (QED) is 0.826. The lowest BCUT2D eigenvalue weighted by molar-refractivity contribution is -0.173. The van der Waals surface area contributed by atoms with Gasteiger partial charge >= 0.3 is 6.18 Å². The zero-order valence-electron chi connectivity index (χ0n) is 16.4. The highest BCUT2D eigenvalue weighted by atomic mass is 19.4. The molecule has 6 nitrogen and oxygen atoms in total. The van der Waals surface area contributed by atoms with Crippen molar-refractivity contribution in [2.45, 2.75) is 63.8 Å². The third-order valence-corrected chi connectivity index (χ3v) is 5.79. The SMILES string of the molecule is CC[C@@H]1C[C@H](C(F)(F)F)n2nc(C3CCCN3C(=O)c3ccc(C)nc3)cc2N1. The maximum absolute atomic E-state index is 13.6. The van der Waals surface area contributed by atoms with Gasteiger partial charge in [-0.15, -0.1) is 0 Å². The van der Waals surface area contributed by atoms with Crippen LogP contribution in [0.15, 0.2) is 24.4 Å². The number of likely N-dealkylation sites (tertiary alicyclic amines) is 1. The van der Waals surface area contributed by atoms with Gasteiger partial charge in [0.05, 0.1) is 17.3 Å². The number of halogens is 3. The standard InChI is InChI=1S/C20H24F3N5O/c1-3-14-9-17(20(21,22)23)28-18(25-14)10-15(26-28)16-5-4-8-27(16)19(29)13-7-6-12(2)24-11-13/h6-7,10-11,14,16-17,25H,3-5,8-9H2,1-2H3/t14-,16?,17-/m1/s1. The normalized spacial score (nSPS) is 24.3. The van der Waals surface area contributed by atoms with E-state index in [0.717, 1.165) is 16.8 Å². The minimum atomic E-state index is -4.37. The lowest BCUT2D eigenvalue weighted by atomic mass is 10.0. The van der Waals surface area contributed by atoms with Crippen LogP contribution in [0.5, 0.6) is 0 Å². The van der Waals surface area contributed by atoms with Gasteiger partial charge in [-0.3, -0.25) is 9.78 Å². The molecule has 1 amide bonds. The van der Waals surface area contributed by atoms with E-state index in [9.17, 15) is 18.0 Å². The van der Waals surface area contributed by atoms with Gasteiger partial charge in [0.25, 0.3) is 5.91 Å². The molecule has 29 heavy (non-hydrogen) atoms. The van der Waals surface area contributed by atoms with Gasteiger partial charge in [0.15, 0.2) is 6.04 Å². The first-order chi connectivity index (χ1) is 13.8. The fraction of sp³-hybridized carbons (Fsp3) is 0.550. The Hall–Kier alpha value is -2.58. The second kappa shape index (κ2) is 7.35. The number of rotatable bonds is 3. The van der Waals surface area contributed by atoms with Crippen molar-refractivity contribution in [3.63, 3.8) is 0 Å². The summed E-state index contributed by atoms with van der Waals surface area (Å²) in [4.78, 5) is 18.8. The van der Waals surface area contributed by atoms with E-state index in [-0.39, 0.29) is 24.4 Å². The van der Waals surface area contributed by atoms with Gasteiger partial charge in [0, 0.05) is 30.5 Å². The maximum Gasteiger partial charge on any atom is 0.410 e. The summed E-state index contributed by atoms with van der Waals surface area (Å²) in [6.07, 6.45) is -0.816. The van der Waals surface area contributed by atoms with Crippen LogP contribution in [0.2, 0.25) is 0 Å². The van der Waals surface area contributed by atoms with Crippen molar-refractivity contribution in [1.29, 1.82) is 0 Å². The first-order valence-corrected chi connectivity index (χ1v) is 9.94. The zero-order chi connectivity index (χ0) is 20.8. The zero-order valence-corrected chi connectivity index (χ0v) is 16.4. The molecule has 0 bridgehead atoms. The average molecular weight is 407 g/mol. The molecule has 2 aliphatic rings. The fourth-order valence-corrected chi connectivity index (χ4v) is 4.18. The number of nitrogens with one attached hydrogen (secondary N) is 1. The molecule has 1 saturated heterocycles. The molecule has 2 aromatic heterocycles. The molecule has 0 saturated carbocycles. The Labute approximate surface area is 167 Å².